The SMILES string of the molecule is NC(=O)NCCNCc1ccc(Br)cc1. The first-order valence-corrected chi connectivity index (χ1v) is 5.46. The molecule has 0 atom stereocenters. The zero-order chi connectivity index (χ0) is 11.1. The maximum Gasteiger partial charge on any atom is 0.312 e. The Bertz CT molecular complexity index is 313. The summed E-state index contributed by atoms with van der Waals surface area (Å²) in [5, 5.41) is 5.70. The second-order valence-electron chi connectivity index (χ2n) is 3.09. The number of hydrogen-bond donors (Lipinski definition) is 3. The molecule has 1 aromatic rings. The number of hydrogen-bond acceptors (Lipinski definition) is 2. The van der Waals surface area contributed by atoms with Crippen LogP contribution in [0.1, 0.15) is 5.56 Å². The monoisotopic (exact) mass is 271 g/mol. The van der Waals surface area contributed by atoms with Gasteiger partial charge >= 0.3 is 6.03 Å². The third kappa shape index (κ3) is 5.39. The molecule has 0 unspecified atom stereocenters. The van der Waals surface area contributed by atoms with E-state index in [1.165, 1.54) is 5.56 Å². The van der Waals surface area contributed by atoms with Gasteiger partial charge in [0, 0.05) is 24.1 Å². The number of benzene rings is 1. The first-order valence-electron chi connectivity index (χ1n) is 4.67. The van der Waals surface area contributed by atoms with Crippen molar-refractivity contribution in [1.29, 1.82) is 0 Å². The first-order chi connectivity index (χ1) is 7.18. The van der Waals surface area contributed by atoms with Crippen molar-refractivity contribution in [2.45, 2.75) is 6.54 Å². The number of carbonyl (C=O) groups excluding carboxylic acids is 1. The fourth-order valence-electron chi connectivity index (χ4n) is 1.11. The molecule has 0 bridgehead atoms. The van der Waals surface area contributed by atoms with Crippen LogP contribution in [0.5, 0.6) is 0 Å². The molecule has 0 saturated carbocycles. The first kappa shape index (κ1) is 12.0. The molecule has 0 aromatic heterocycles. The van der Waals surface area contributed by atoms with Crippen LogP contribution in [0, 0.1) is 0 Å². The van der Waals surface area contributed by atoms with Gasteiger partial charge in [0.25, 0.3) is 0 Å². The lowest BCUT2D eigenvalue weighted by molar-refractivity contribution is 0.249. The van der Waals surface area contributed by atoms with Crippen LogP contribution in [0.15, 0.2) is 28.7 Å². The van der Waals surface area contributed by atoms with E-state index in [1.807, 2.05) is 24.3 Å². The van der Waals surface area contributed by atoms with Gasteiger partial charge in [-0.15, -0.1) is 0 Å². The Morgan fingerprint density at radius 2 is 1.93 bits per heavy atom. The van der Waals surface area contributed by atoms with E-state index in [0.717, 1.165) is 11.0 Å². The molecule has 0 aliphatic heterocycles. The van der Waals surface area contributed by atoms with E-state index >= 15 is 0 Å². The second-order valence-corrected chi connectivity index (χ2v) is 4.01. The molecule has 0 fully saturated rings. The van der Waals surface area contributed by atoms with Crippen LogP contribution in [-0.4, -0.2) is 19.1 Å². The quantitative estimate of drug-likeness (QED) is 0.705. The van der Waals surface area contributed by atoms with Gasteiger partial charge in [0.2, 0.25) is 0 Å². The summed E-state index contributed by atoms with van der Waals surface area (Å²) >= 11 is 3.37. The van der Waals surface area contributed by atoms with Crippen molar-refractivity contribution in [3.63, 3.8) is 0 Å². The van der Waals surface area contributed by atoms with Crippen LogP contribution in [0.4, 0.5) is 4.79 Å². The van der Waals surface area contributed by atoms with E-state index < -0.39 is 6.03 Å². The number of urea groups is 1. The maximum absolute atomic E-state index is 10.3. The molecular weight excluding hydrogens is 258 g/mol. The molecule has 82 valence electrons. The highest BCUT2D eigenvalue weighted by molar-refractivity contribution is 9.10. The van der Waals surface area contributed by atoms with Crippen molar-refractivity contribution in [2.24, 2.45) is 5.73 Å². The minimum Gasteiger partial charge on any atom is -0.352 e. The predicted octanol–water partition coefficient (Wildman–Crippen LogP) is 1.21. The van der Waals surface area contributed by atoms with Crippen LogP contribution in [0.25, 0.3) is 0 Å². The summed E-state index contributed by atoms with van der Waals surface area (Å²) in [6.07, 6.45) is 0. The van der Waals surface area contributed by atoms with Crippen molar-refractivity contribution in [3.8, 4) is 0 Å². The molecule has 5 heteroatoms. The number of carbonyl (C=O) groups is 1. The topological polar surface area (TPSA) is 67.2 Å². The molecule has 0 spiro atoms. The third-order valence-corrected chi connectivity index (χ3v) is 2.37. The van der Waals surface area contributed by atoms with Crippen molar-refractivity contribution in [3.05, 3.63) is 34.3 Å². The van der Waals surface area contributed by atoms with E-state index in [1.54, 1.807) is 0 Å². The Morgan fingerprint density at radius 1 is 1.27 bits per heavy atom. The van der Waals surface area contributed by atoms with Gasteiger partial charge < -0.3 is 16.4 Å². The Labute approximate surface area is 97.4 Å². The fraction of sp³-hybridized carbons (Fsp3) is 0.300. The van der Waals surface area contributed by atoms with E-state index in [-0.39, 0.29) is 0 Å². The van der Waals surface area contributed by atoms with Gasteiger partial charge in [-0.05, 0) is 17.7 Å². The van der Waals surface area contributed by atoms with Crippen LogP contribution >= 0.6 is 15.9 Å². The minimum absolute atomic E-state index is 0.486. The molecule has 0 radical (unpaired) electrons. The minimum atomic E-state index is -0.486. The van der Waals surface area contributed by atoms with Crippen molar-refractivity contribution >= 4 is 22.0 Å². The molecule has 0 saturated heterocycles. The van der Waals surface area contributed by atoms with Gasteiger partial charge in [-0.2, -0.15) is 0 Å². The highest BCUT2D eigenvalue weighted by atomic mass is 79.9. The summed E-state index contributed by atoms with van der Waals surface area (Å²) in [5.74, 6) is 0. The number of nitrogens with two attached hydrogens (primary N) is 1. The normalized spacial score (nSPS) is 9.93. The Kier molecular flexibility index (Phi) is 5.14. The lowest BCUT2D eigenvalue weighted by Crippen LogP contribution is -2.35. The molecule has 15 heavy (non-hydrogen) atoms. The van der Waals surface area contributed by atoms with E-state index in [4.69, 9.17) is 5.73 Å². The number of halogens is 1. The standard InChI is InChI=1S/C10H14BrN3O/c11-9-3-1-8(2-4-9)7-13-5-6-14-10(12)15/h1-4,13H,5-7H2,(H3,12,14,15). The summed E-state index contributed by atoms with van der Waals surface area (Å²) in [5.41, 5.74) is 6.13. The van der Waals surface area contributed by atoms with Gasteiger partial charge in [-0.25, -0.2) is 4.79 Å². The van der Waals surface area contributed by atoms with E-state index in [0.29, 0.717) is 13.1 Å². The smallest absolute Gasteiger partial charge is 0.312 e. The lowest BCUT2D eigenvalue weighted by atomic mass is 10.2. The molecule has 2 amide bonds. The van der Waals surface area contributed by atoms with Crippen LogP contribution in [-0.2, 0) is 6.54 Å². The van der Waals surface area contributed by atoms with Crippen LogP contribution < -0.4 is 16.4 Å². The Morgan fingerprint density at radius 3 is 2.53 bits per heavy atom. The molecule has 4 nitrogen and oxygen atoms in total. The summed E-state index contributed by atoms with van der Waals surface area (Å²) < 4.78 is 1.07. The summed E-state index contributed by atoms with van der Waals surface area (Å²) in [7, 11) is 0. The van der Waals surface area contributed by atoms with Crippen molar-refractivity contribution in [1.82, 2.24) is 10.6 Å². The zero-order valence-corrected chi connectivity index (χ0v) is 9.88. The summed E-state index contributed by atoms with van der Waals surface area (Å²) in [6, 6.07) is 7.59. The predicted molar refractivity (Wildman–Crippen MR) is 63.4 cm³/mol. The largest absolute Gasteiger partial charge is 0.352 e. The molecule has 0 aliphatic carbocycles. The summed E-state index contributed by atoms with van der Waals surface area (Å²) in [6.45, 7) is 2.04. The molecule has 4 N–H and O–H groups in total. The van der Waals surface area contributed by atoms with Gasteiger partial charge in [0.15, 0.2) is 0 Å². The van der Waals surface area contributed by atoms with Crippen LogP contribution in [0.3, 0.4) is 0 Å². The zero-order valence-electron chi connectivity index (χ0n) is 8.29. The number of rotatable bonds is 5. The molecule has 1 aromatic carbocycles. The highest BCUT2D eigenvalue weighted by Crippen LogP contribution is 2.09. The molecule has 1 rings (SSSR count). The second kappa shape index (κ2) is 6.42. The average Bonchev–Trinajstić information content (AvgIpc) is 2.20. The Hall–Kier alpha value is -1.07. The molecular formula is C10H14BrN3O. The van der Waals surface area contributed by atoms with Crippen LogP contribution in [0.2, 0.25) is 0 Å². The van der Waals surface area contributed by atoms with Crippen molar-refractivity contribution < 1.29 is 4.79 Å². The van der Waals surface area contributed by atoms with Gasteiger partial charge in [-0.3, -0.25) is 0 Å². The lowest BCUT2D eigenvalue weighted by Gasteiger charge is -2.05. The number of amides is 2. The van der Waals surface area contributed by atoms with Gasteiger partial charge in [0.1, 0.15) is 0 Å². The number of primary amides is 1. The Balaban J connectivity index is 2.15. The molecule has 0 aliphatic rings. The number of nitrogens with one attached hydrogen (secondary N) is 2. The molecule has 0 heterocycles. The van der Waals surface area contributed by atoms with Gasteiger partial charge in [0.05, 0.1) is 0 Å². The van der Waals surface area contributed by atoms with E-state index in [9.17, 15) is 4.79 Å². The third-order valence-electron chi connectivity index (χ3n) is 1.84. The maximum atomic E-state index is 10.3. The fourth-order valence-corrected chi connectivity index (χ4v) is 1.37. The summed E-state index contributed by atoms with van der Waals surface area (Å²) in [4.78, 5) is 10.3. The van der Waals surface area contributed by atoms with E-state index in [2.05, 4.69) is 26.6 Å². The van der Waals surface area contributed by atoms with Crippen molar-refractivity contribution in [2.75, 3.05) is 13.1 Å². The average molecular weight is 272 g/mol. The van der Waals surface area contributed by atoms with Gasteiger partial charge in [-0.1, -0.05) is 28.1 Å². The highest BCUT2D eigenvalue weighted by Gasteiger charge is 1.93.